The van der Waals surface area contributed by atoms with E-state index in [1.165, 1.54) is 12.5 Å². The number of hydrogen-bond donors (Lipinski definition) is 3. The van der Waals surface area contributed by atoms with Gasteiger partial charge < -0.3 is 20.4 Å². The van der Waals surface area contributed by atoms with Gasteiger partial charge in [0.2, 0.25) is 0 Å². The molecular weight excluding hydrogens is 332 g/mol. The van der Waals surface area contributed by atoms with Crippen LogP contribution in [0.4, 0.5) is 16.2 Å². The first kappa shape index (κ1) is 17.2. The van der Waals surface area contributed by atoms with Crippen LogP contribution in [0.5, 0.6) is 0 Å². The molecule has 2 heterocycles. The molecule has 3 aromatic rings. The first-order valence-electron chi connectivity index (χ1n) is 8.09. The number of anilines is 2. The van der Waals surface area contributed by atoms with Gasteiger partial charge in [0.05, 0.1) is 11.8 Å². The van der Waals surface area contributed by atoms with Crippen molar-refractivity contribution in [2.75, 3.05) is 17.2 Å². The van der Waals surface area contributed by atoms with Crippen LogP contribution in [0, 0.1) is 0 Å². The molecule has 0 saturated carbocycles. The van der Waals surface area contributed by atoms with E-state index in [9.17, 15) is 9.59 Å². The smallest absolute Gasteiger partial charge is 0.319 e. The zero-order chi connectivity index (χ0) is 18.2. The van der Waals surface area contributed by atoms with Gasteiger partial charge in [-0.25, -0.2) is 4.79 Å². The molecule has 3 rings (SSSR count). The summed E-state index contributed by atoms with van der Waals surface area (Å²) in [5, 5.41) is 8.25. The maximum Gasteiger partial charge on any atom is 0.319 e. The number of benzene rings is 1. The van der Waals surface area contributed by atoms with Gasteiger partial charge in [0, 0.05) is 36.2 Å². The number of hydrogen-bond acceptors (Lipinski definition) is 4. The lowest BCUT2D eigenvalue weighted by molar-refractivity contribution is 0.102. The van der Waals surface area contributed by atoms with E-state index in [2.05, 4.69) is 20.9 Å². The fraction of sp³-hybridized carbons (Fsp3) is 0.105. The molecule has 0 saturated heterocycles. The van der Waals surface area contributed by atoms with Gasteiger partial charge in [0.15, 0.2) is 0 Å². The van der Waals surface area contributed by atoms with Crippen molar-refractivity contribution < 1.29 is 14.0 Å². The average Bonchev–Trinajstić information content (AvgIpc) is 3.18. The molecule has 7 nitrogen and oxygen atoms in total. The van der Waals surface area contributed by atoms with Crippen LogP contribution in [0.1, 0.15) is 16.1 Å². The Hall–Kier alpha value is -3.61. The Balaban J connectivity index is 1.50. The molecule has 7 heteroatoms. The molecule has 3 N–H and O–H groups in total. The van der Waals surface area contributed by atoms with Crippen LogP contribution in [-0.4, -0.2) is 23.5 Å². The summed E-state index contributed by atoms with van der Waals surface area (Å²) in [4.78, 5) is 28.2. The molecule has 0 fully saturated rings. The van der Waals surface area contributed by atoms with Gasteiger partial charge in [0.1, 0.15) is 6.26 Å². The summed E-state index contributed by atoms with van der Waals surface area (Å²) in [6.45, 7) is 0.472. The molecule has 0 aliphatic heterocycles. The Morgan fingerprint density at radius 2 is 1.85 bits per heavy atom. The number of furan rings is 1. The van der Waals surface area contributed by atoms with Crippen molar-refractivity contribution in [3.8, 4) is 0 Å². The van der Waals surface area contributed by atoms with Crippen molar-refractivity contribution in [3.63, 3.8) is 0 Å². The van der Waals surface area contributed by atoms with Crippen LogP contribution in [-0.2, 0) is 6.42 Å². The van der Waals surface area contributed by atoms with E-state index in [-0.39, 0.29) is 11.9 Å². The summed E-state index contributed by atoms with van der Waals surface area (Å²) in [5.74, 6) is -0.282. The molecule has 0 bridgehead atoms. The summed E-state index contributed by atoms with van der Waals surface area (Å²) in [6, 6.07) is 13.8. The van der Waals surface area contributed by atoms with E-state index in [1.54, 1.807) is 36.5 Å². The number of amides is 3. The monoisotopic (exact) mass is 350 g/mol. The number of nitrogens with one attached hydrogen (secondary N) is 3. The third-order valence-corrected chi connectivity index (χ3v) is 3.55. The van der Waals surface area contributed by atoms with Crippen LogP contribution in [0.2, 0.25) is 0 Å². The predicted molar refractivity (Wildman–Crippen MR) is 98.1 cm³/mol. The molecule has 0 aliphatic carbocycles. The third kappa shape index (κ3) is 4.94. The highest BCUT2D eigenvalue weighted by Crippen LogP contribution is 2.16. The Labute approximate surface area is 150 Å². The lowest BCUT2D eigenvalue weighted by Gasteiger charge is -2.09. The Kier molecular flexibility index (Phi) is 5.61. The van der Waals surface area contributed by atoms with Gasteiger partial charge >= 0.3 is 6.03 Å². The summed E-state index contributed by atoms with van der Waals surface area (Å²) in [7, 11) is 0. The predicted octanol–water partition coefficient (Wildman–Crippen LogP) is 3.29. The van der Waals surface area contributed by atoms with Gasteiger partial charge in [-0.2, -0.15) is 0 Å². The van der Waals surface area contributed by atoms with Crippen molar-refractivity contribution in [3.05, 3.63) is 78.5 Å². The van der Waals surface area contributed by atoms with Gasteiger partial charge in [-0.05, 0) is 36.4 Å². The average molecular weight is 350 g/mol. The molecule has 0 spiro atoms. The fourth-order valence-electron chi connectivity index (χ4n) is 2.30. The van der Waals surface area contributed by atoms with Crippen molar-refractivity contribution >= 4 is 23.3 Å². The molecule has 0 radical (unpaired) electrons. The normalized spacial score (nSPS) is 10.2. The Morgan fingerprint density at radius 3 is 2.58 bits per heavy atom. The zero-order valence-corrected chi connectivity index (χ0v) is 13.9. The van der Waals surface area contributed by atoms with Crippen LogP contribution in [0.25, 0.3) is 0 Å². The highest BCUT2D eigenvalue weighted by Gasteiger charge is 2.08. The first-order valence-corrected chi connectivity index (χ1v) is 8.09. The van der Waals surface area contributed by atoms with Gasteiger partial charge in [-0.1, -0.05) is 12.1 Å². The maximum absolute atomic E-state index is 12.0. The number of rotatable bonds is 6. The van der Waals surface area contributed by atoms with E-state index in [1.807, 2.05) is 18.2 Å². The van der Waals surface area contributed by atoms with Crippen LogP contribution < -0.4 is 16.0 Å². The Bertz CT molecular complexity index is 864. The SMILES string of the molecule is O=C(NCCc1ccccn1)Nc1cccc(NC(=O)c2ccoc2)c1. The maximum atomic E-state index is 12.0. The van der Waals surface area contributed by atoms with Crippen molar-refractivity contribution in [2.24, 2.45) is 0 Å². The minimum atomic E-state index is -0.320. The molecule has 132 valence electrons. The van der Waals surface area contributed by atoms with E-state index in [4.69, 9.17) is 4.42 Å². The van der Waals surface area contributed by atoms with Crippen molar-refractivity contribution in [1.82, 2.24) is 10.3 Å². The minimum Gasteiger partial charge on any atom is -0.472 e. The number of carbonyl (C=O) groups is 2. The standard InChI is InChI=1S/C19H18N4O3/c24-18(14-8-11-26-13-14)22-16-5-3-6-17(12-16)23-19(25)21-10-7-15-4-1-2-9-20-15/h1-6,8-9,11-13H,7,10H2,(H,22,24)(H2,21,23,25). The van der Waals surface area contributed by atoms with Crippen LogP contribution in [0.15, 0.2) is 71.7 Å². The van der Waals surface area contributed by atoms with E-state index < -0.39 is 0 Å². The minimum absolute atomic E-state index is 0.282. The number of nitrogens with zero attached hydrogens (tertiary/aromatic N) is 1. The van der Waals surface area contributed by atoms with E-state index >= 15 is 0 Å². The number of urea groups is 1. The third-order valence-electron chi connectivity index (χ3n) is 3.55. The lowest BCUT2D eigenvalue weighted by Crippen LogP contribution is -2.30. The fourth-order valence-corrected chi connectivity index (χ4v) is 2.30. The van der Waals surface area contributed by atoms with Gasteiger partial charge in [0.25, 0.3) is 5.91 Å². The summed E-state index contributed by atoms with van der Waals surface area (Å²) >= 11 is 0. The molecule has 1 aromatic carbocycles. The highest BCUT2D eigenvalue weighted by atomic mass is 16.3. The van der Waals surface area contributed by atoms with Gasteiger partial charge in [-0.15, -0.1) is 0 Å². The highest BCUT2D eigenvalue weighted by molar-refractivity contribution is 6.04. The summed E-state index contributed by atoms with van der Waals surface area (Å²) < 4.78 is 4.89. The molecule has 0 aliphatic rings. The number of pyridine rings is 1. The number of carbonyl (C=O) groups excluding carboxylic acids is 2. The molecule has 2 aromatic heterocycles. The lowest BCUT2D eigenvalue weighted by atomic mass is 10.2. The van der Waals surface area contributed by atoms with Crippen molar-refractivity contribution in [2.45, 2.75) is 6.42 Å². The van der Waals surface area contributed by atoms with Gasteiger partial charge in [-0.3, -0.25) is 9.78 Å². The molecule has 0 atom stereocenters. The van der Waals surface area contributed by atoms with E-state index in [0.717, 1.165) is 5.69 Å². The molecule has 26 heavy (non-hydrogen) atoms. The van der Waals surface area contributed by atoms with E-state index in [0.29, 0.717) is 29.9 Å². The molecule has 0 unspecified atom stereocenters. The number of aromatic nitrogens is 1. The Morgan fingerprint density at radius 1 is 1.00 bits per heavy atom. The zero-order valence-electron chi connectivity index (χ0n) is 13.9. The second-order valence-electron chi connectivity index (χ2n) is 5.50. The summed E-state index contributed by atoms with van der Waals surface area (Å²) in [5.41, 5.74) is 2.49. The topological polar surface area (TPSA) is 96.3 Å². The van der Waals surface area contributed by atoms with Crippen molar-refractivity contribution in [1.29, 1.82) is 0 Å². The first-order chi connectivity index (χ1) is 12.7. The van der Waals surface area contributed by atoms with Crippen LogP contribution in [0.3, 0.4) is 0 Å². The second kappa shape index (κ2) is 8.48. The van der Waals surface area contributed by atoms with Crippen LogP contribution >= 0.6 is 0 Å². The largest absolute Gasteiger partial charge is 0.472 e. The quantitative estimate of drug-likeness (QED) is 0.635. The molecular formula is C19H18N4O3. The summed E-state index contributed by atoms with van der Waals surface area (Å²) in [6.07, 6.45) is 5.17. The second-order valence-corrected chi connectivity index (χ2v) is 5.50. The molecule has 3 amide bonds.